The zero-order chi connectivity index (χ0) is 12.4. The van der Waals surface area contributed by atoms with Gasteiger partial charge in [-0.1, -0.05) is 6.42 Å². The second kappa shape index (κ2) is 4.68. The van der Waals surface area contributed by atoms with Gasteiger partial charge in [-0.2, -0.15) is 0 Å². The summed E-state index contributed by atoms with van der Waals surface area (Å²) in [5.74, 6) is 1.18. The maximum Gasteiger partial charge on any atom is 0.182 e. The molecule has 0 bridgehead atoms. The number of fused-ring (bicyclic) bond motifs is 1. The molecule has 0 saturated heterocycles. The number of hydrogen-bond donors (Lipinski definition) is 1. The fraction of sp³-hybridized carbons (Fsp3) is 0.385. The predicted molar refractivity (Wildman–Crippen MR) is 68.7 cm³/mol. The zero-order valence-corrected chi connectivity index (χ0v) is 10.1. The lowest BCUT2D eigenvalue weighted by Crippen LogP contribution is -2.07. The van der Waals surface area contributed by atoms with Crippen LogP contribution >= 0.6 is 0 Å². The van der Waals surface area contributed by atoms with Gasteiger partial charge in [0.25, 0.3) is 0 Å². The lowest BCUT2D eigenvalue weighted by molar-refractivity contribution is 0.709. The van der Waals surface area contributed by atoms with Crippen molar-refractivity contribution in [3.8, 4) is 11.5 Å². The lowest BCUT2D eigenvalue weighted by atomic mass is 10.1. The van der Waals surface area contributed by atoms with Crippen molar-refractivity contribution < 1.29 is 0 Å². The van der Waals surface area contributed by atoms with E-state index in [9.17, 15) is 0 Å². The Kier molecular flexibility index (Phi) is 2.88. The van der Waals surface area contributed by atoms with Crippen molar-refractivity contribution in [2.24, 2.45) is 0 Å². The topological polar surface area (TPSA) is 77.6 Å². The second-order valence-electron chi connectivity index (χ2n) is 4.51. The largest absolute Gasteiger partial charge is 0.383 e. The normalized spacial score (nSPS) is 14.9. The smallest absolute Gasteiger partial charge is 0.182 e. The van der Waals surface area contributed by atoms with Crippen molar-refractivity contribution in [3.05, 3.63) is 29.8 Å². The third-order valence-electron chi connectivity index (χ3n) is 3.26. The molecule has 2 heterocycles. The van der Waals surface area contributed by atoms with Gasteiger partial charge in [-0.3, -0.25) is 4.98 Å². The number of nitrogens with two attached hydrogens (primary N) is 1. The summed E-state index contributed by atoms with van der Waals surface area (Å²) in [4.78, 5) is 17.2. The molecule has 2 aromatic rings. The van der Waals surface area contributed by atoms with Gasteiger partial charge in [-0.25, -0.2) is 15.0 Å². The highest BCUT2D eigenvalue weighted by Crippen LogP contribution is 2.25. The Morgan fingerprint density at radius 1 is 1.00 bits per heavy atom. The fourth-order valence-corrected chi connectivity index (χ4v) is 2.33. The first kappa shape index (κ1) is 11.1. The van der Waals surface area contributed by atoms with Crippen LogP contribution < -0.4 is 5.73 Å². The van der Waals surface area contributed by atoms with E-state index in [2.05, 4.69) is 19.9 Å². The molecule has 5 nitrogen and oxygen atoms in total. The van der Waals surface area contributed by atoms with Crippen LogP contribution in [0.5, 0.6) is 0 Å². The highest BCUT2D eigenvalue weighted by molar-refractivity contribution is 5.54. The van der Waals surface area contributed by atoms with Crippen molar-refractivity contribution in [1.82, 2.24) is 19.9 Å². The number of aryl methyl sites for hydroxylation is 1. The standard InChI is InChI=1S/C13H15N5/c14-12-9-4-2-1-3-5-10(9)17-13(18-12)11-8-15-6-7-16-11/h6-8H,1-5H2,(H2,14,17,18). The average molecular weight is 241 g/mol. The SMILES string of the molecule is Nc1nc(-c2cnccn2)nc2c1CCCCC2. The molecule has 0 spiro atoms. The van der Waals surface area contributed by atoms with Gasteiger partial charge >= 0.3 is 0 Å². The van der Waals surface area contributed by atoms with Crippen molar-refractivity contribution in [3.63, 3.8) is 0 Å². The molecular weight excluding hydrogens is 226 g/mol. The van der Waals surface area contributed by atoms with E-state index in [4.69, 9.17) is 5.73 Å². The second-order valence-corrected chi connectivity index (χ2v) is 4.51. The maximum atomic E-state index is 6.05. The van der Waals surface area contributed by atoms with Crippen LogP contribution in [0, 0.1) is 0 Å². The summed E-state index contributed by atoms with van der Waals surface area (Å²) in [5.41, 5.74) is 8.94. The van der Waals surface area contributed by atoms with E-state index >= 15 is 0 Å². The third-order valence-corrected chi connectivity index (χ3v) is 3.26. The van der Waals surface area contributed by atoms with Gasteiger partial charge in [0.2, 0.25) is 0 Å². The molecule has 2 aromatic heterocycles. The molecule has 2 N–H and O–H groups in total. The molecule has 1 aliphatic rings. The van der Waals surface area contributed by atoms with E-state index < -0.39 is 0 Å². The highest BCUT2D eigenvalue weighted by atomic mass is 15.0. The number of rotatable bonds is 1. The van der Waals surface area contributed by atoms with E-state index in [1.54, 1.807) is 18.6 Å². The Balaban J connectivity index is 2.08. The number of aromatic nitrogens is 4. The molecule has 0 saturated carbocycles. The van der Waals surface area contributed by atoms with Crippen LogP contribution in [0.25, 0.3) is 11.5 Å². The fourth-order valence-electron chi connectivity index (χ4n) is 2.33. The van der Waals surface area contributed by atoms with E-state index in [-0.39, 0.29) is 0 Å². The van der Waals surface area contributed by atoms with Crippen LogP contribution in [-0.2, 0) is 12.8 Å². The van der Waals surface area contributed by atoms with Crippen LogP contribution in [0.15, 0.2) is 18.6 Å². The van der Waals surface area contributed by atoms with Gasteiger partial charge in [-0.05, 0) is 25.7 Å². The third kappa shape index (κ3) is 2.03. The Hall–Kier alpha value is -2.04. The Morgan fingerprint density at radius 3 is 2.72 bits per heavy atom. The van der Waals surface area contributed by atoms with Gasteiger partial charge < -0.3 is 5.73 Å². The van der Waals surface area contributed by atoms with Crippen molar-refractivity contribution in [2.75, 3.05) is 5.73 Å². The monoisotopic (exact) mass is 241 g/mol. The van der Waals surface area contributed by atoms with Crippen LogP contribution in [0.1, 0.15) is 30.5 Å². The van der Waals surface area contributed by atoms with Crippen molar-refractivity contribution in [2.45, 2.75) is 32.1 Å². The van der Waals surface area contributed by atoms with Gasteiger partial charge in [0.05, 0.1) is 6.20 Å². The van der Waals surface area contributed by atoms with Crippen LogP contribution in [0.3, 0.4) is 0 Å². The summed E-state index contributed by atoms with van der Waals surface area (Å²) in [7, 11) is 0. The van der Waals surface area contributed by atoms with E-state index in [1.807, 2.05) is 0 Å². The number of hydrogen-bond acceptors (Lipinski definition) is 5. The predicted octanol–water partition coefficient (Wildman–Crippen LogP) is 1.78. The Morgan fingerprint density at radius 2 is 1.89 bits per heavy atom. The molecule has 0 fully saturated rings. The Labute approximate surface area is 106 Å². The summed E-state index contributed by atoms with van der Waals surface area (Å²) < 4.78 is 0. The number of nitrogens with zero attached hydrogens (tertiary/aromatic N) is 4. The summed E-state index contributed by atoms with van der Waals surface area (Å²) in [5, 5.41) is 0. The van der Waals surface area contributed by atoms with E-state index in [1.165, 1.54) is 19.3 Å². The molecule has 0 aliphatic heterocycles. The molecule has 0 amide bonds. The first-order chi connectivity index (χ1) is 8.84. The minimum Gasteiger partial charge on any atom is -0.383 e. The van der Waals surface area contributed by atoms with Gasteiger partial charge in [-0.15, -0.1) is 0 Å². The van der Waals surface area contributed by atoms with Crippen LogP contribution in [0.2, 0.25) is 0 Å². The molecule has 0 radical (unpaired) electrons. The molecule has 1 aliphatic carbocycles. The molecule has 0 unspecified atom stereocenters. The molecular formula is C13H15N5. The summed E-state index contributed by atoms with van der Waals surface area (Å²) in [6.07, 6.45) is 10.5. The number of anilines is 1. The molecule has 3 rings (SSSR count). The first-order valence-electron chi connectivity index (χ1n) is 6.26. The van der Waals surface area contributed by atoms with E-state index in [0.29, 0.717) is 17.3 Å². The van der Waals surface area contributed by atoms with Gasteiger partial charge in [0, 0.05) is 23.7 Å². The maximum absolute atomic E-state index is 6.05. The zero-order valence-electron chi connectivity index (χ0n) is 10.1. The summed E-state index contributed by atoms with van der Waals surface area (Å²) in [6, 6.07) is 0. The van der Waals surface area contributed by atoms with Gasteiger partial charge in [0.15, 0.2) is 5.82 Å². The van der Waals surface area contributed by atoms with Gasteiger partial charge in [0.1, 0.15) is 11.5 Å². The lowest BCUT2D eigenvalue weighted by Gasteiger charge is -2.09. The number of nitrogen functional groups attached to an aromatic ring is 1. The quantitative estimate of drug-likeness (QED) is 0.770. The average Bonchev–Trinajstić information content (AvgIpc) is 2.65. The molecule has 0 atom stereocenters. The highest BCUT2D eigenvalue weighted by Gasteiger charge is 2.16. The van der Waals surface area contributed by atoms with Crippen molar-refractivity contribution >= 4 is 5.82 Å². The molecule has 0 aromatic carbocycles. The van der Waals surface area contributed by atoms with Crippen LogP contribution in [-0.4, -0.2) is 19.9 Å². The minimum absolute atomic E-state index is 0.584. The summed E-state index contributed by atoms with van der Waals surface area (Å²) in [6.45, 7) is 0. The van der Waals surface area contributed by atoms with Crippen molar-refractivity contribution in [1.29, 1.82) is 0 Å². The van der Waals surface area contributed by atoms with Crippen LogP contribution in [0.4, 0.5) is 5.82 Å². The summed E-state index contributed by atoms with van der Waals surface area (Å²) >= 11 is 0. The molecule has 5 heteroatoms. The molecule has 92 valence electrons. The minimum atomic E-state index is 0.584. The first-order valence-corrected chi connectivity index (χ1v) is 6.26. The Bertz CT molecular complexity index is 553. The van der Waals surface area contributed by atoms with E-state index in [0.717, 1.165) is 24.1 Å². The molecule has 18 heavy (non-hydrogen) atoms.